The van der Waals surface area contributed by atoms with Crippen molar-refractivity contribution in [3.63, 3.8) is 0 Å². The van der Waals surface area contributed by atoms with Gasteiger partial charge in [-0.05, 0) is 37.1 Å². The lowest BCUT2D eigenvalue weighted by Gasteiger charge is -2.25. The minimum atomic E-state index is -4.49. The molecule has 2 aromatic heterocycles. The first kappa shape index (κ1) is 22.2. The first-order valence-electron chi connectivity index (χ1n) is 9.88. The summed E-state index contributed by atoms with van der Waals surface area (Å²) in [6, 6.07) is 6.28. The number of alkyl halides is 3. The fourth-order valence-corrected chi connectivity index (χ4v) is 3.44. The Labute approximate surface area is 184 Å². The van der Waals surface area contributed by atoms with Gasteiger partial charge in [-0.1, -0.05) is 0 Å². The van der Waals surface area contributed by atoms with Gasteiger partial charge < -0.3 is 21.3 Å². The number of carbonyl (C=O) groups is 1. The van der Waals surface area contributed by atoms with Crippen LogP contribution in [0.3, 0.4) is 0 Å². The van der Waals surface area contributed by atoms with Gasteiger partial charge in [0.1, 0.15) is 30.5 Å². The predicted molar refractivity (Wildman–Crippen MR) is 110 cm³/mol. The predicted octanol–water partition coefficient (Wildman–Crippen LogP) is 2.17. The van der Waals surface area contributed by atoms with E-state index in [9.17, 15) is 22.4 Å². The lowest BCUT2D eigenvalue weighted by atomic mass is 10.2. The number of aromatic nitrogens is 5. The number of hydrogen-bond acceptors (Lipinski definition) is 8. The summed E-state index contributed by atoms with van der Waals surface area (Å²) in [6.07, 6.45) is -2.26. The maximum atomic E-state index is 13.1. The van der Waals surface area contributed by atoms with E-state index >= 15 is 0 Å². The topological polar surface area (TPSA) is 127 Å². The number of benzene rings is 1. The molecule has 0 radical (unpaired) electrons. The van der Waals surface area contributed by atoms with Crippen molar-refractivity contribution in [3.05, 3.63) is 42.5 Å². The molecule has 1 aliphatic rings. The van der Waals surface area contributed by atoms with E-state index in [1.165, 1.54) is 41.3 Å². The van der Waals surface area contributed by atoms with Crippen molar-refractivity contribution in [2.24, 2.45) is 0 Å². The highest BCUT2D eigenvalue weighted by molar-refractivity contribution is 5.85. The lowest BCUT2D eigenvalue weighted by molar-refractivity contribution is -0.139. The van der Waals surface area contributed by atoms with E-state index in [0.29, 0.717) is 30.9 Å². The van der Waals surface area contributed by atoms with Gasteiger partial charge in [0.05, 0.1) is 0 Å². The number of nitrogens with zero attached hydrogens (tertiary/aromatic N) is 6. The number of nitrogens with one attached hydrogen (secondary N) is 2. The molecule has 0 spiro atoms. The molecule has 1 aliphatic heterocycles. The molecule has 33 heavy (non-hydrogen) atoms. The standard InChI is InChI=1S/C19H19F4N9O/c20-11-3-5-12(6-4-11)28-18-29-17(24)32(30-18)15-8-14(26-10-27-15)31-7-1-2-13(31)16(33)25-9-19(21,22)23/h3-6,8,10,13H,1-2,7,9H2,(H,25,33)(H3,24,28,29,30)/t13-/m1/s1. The van der Waals surface area contributed by atoms with Crippen LogP contribution in [0.5, 0.6) is 0 Å². The molecular weight excluding hydrogens is 446 g/mol. The average Bonchev–Trinajstić information content (AvgIpc) is 3.40. The van der Waals surface area contributed by atoms with Crippen LogP contribution >= 0.6 is 0 Å². The Balaban J connectivity index is 1.52. The number of hydrogen-bond donors (Lipinski definition) is 3. The Morgan fingerprint density at radius 1 is 1.18 bits per heavy atom. The Kier molecular flexibility index (Phi) is 5.98. The van der Waals surface area contributed by atoms with Gasteiger partial charge in [0.2, 0.25) is 17.8 Å². The molecule has 0 bridgehead atoms. The Hall–Kier alpha value is -3.97. The highest BCUT2D eigenvalue weighted by Crippen LogP contribution is 2.26. The van der Waals surface area contributed by atoms with Crippen LogP contribution in [0.15, 0.2) is 36.7 Å². The zero-order valence-corrected chi connectivity index (χ0v) is 17.1. The van der Waals surface area contributed by atoms with Crippen molar-refractivity contribution in [1.82, 2.24) is 30.0 Å². The van der Waals surface area contributed by atoms with E-state index < -0.39 is 24.7 Å². The highest BCUT2D eigenvalue weighted by atomic mass is 19.4. The lowest BCUT2D eigenvalue weighted by Crippen LogP contribution is -2.46. The molecule has 3 heterocycles. The van der Waals surface area contributed by atoms with Gasteiger partial charge in [0.15, 0.2) is 5.82 Å². The smallest absolute Gasteiger partial charge is 0.368 e. The summed E-state index contributed by atoms with van der Waals surface area (Å²) in [4.78, 5) is 26.3. The molecule has 14 heteroatoms. The molecule has 1 atom stereocenters. The van der Waals surface area contributed by atoms with Gasteiger partial charge >= 0.3 is 6.18 Å². The number of anilines is 4. The van der Waals surface area contributed by atoms with Crippen LogP contribution < -0.4 is 21.3 Å². The molecule has 0 unspecified atom stereocenters. The van der Waals surface area contributed by atoms with Gasteiger partial charge in [-0.2, -0.15) is 22.8 Å². The summed E-state index contributed by atoms with van der Waals surface area (Å²) in [6.45, 7) is -0.963. The van der Waals surface area contributed by atoms with Crippen LogP contribution in [0.2, 0.25) is 0 Å². The maximum absolute atomic E-state index is 13.1. The fourth-order valence-electron chi connectivity index (χ4n) is 3.44. The summed E-state index contributed by atoms with van der Waals surface area (Å²) in [5.74, 6) is -0.378. The Morgan fingerprint density at radius 3 is 2.64 bits per heavy atom. The molecule has 0 aliphatic carbocycles. The summed E-state index contributed by atoms with van der Waals surface area (Å²) in [7, 11) is 0. The molecule has 3 aromatic rings. The molecule has 1 saturated heterocycles. The van der Waals surface area contributed by atoms with Gasteiger partial charge in [0.25, 0.3) is 0 Å². The first-order valence-corrected chi connectivity index (χ1v) is 9.88. The third-order valence-electron chi connectivity index (χ3n) is 4.90. The highest BCUT2D eigenvalue weighted by Gasteiger charge is 2.35. The number of halogens is 4. The minimum absolute atomic E-state index is 0.00477. The summed E-state index contributed by atoms with van der Waals surface area (Å²) >= 11 is 0. The first-order chi connectivity index (χ1) is 15.7. The van der Waals surface area contributed by atoms with Crippen molar-refractivity contribution < 1.29 is 22.4 Å². The van der Waals surface area contributed by atoms with E-state index in [2.05, 4.69) is 25.4 Å². The van der Waals surface area contributed by atoms with Gasteiger partial charge in [0, 0.05) is 18.3 Å². The second-order valence-corrected chi connectivity index (χ2v) is 7.26. The fraction of sp³-hybridized carbons (Fsp3) is 0.316. The van der Waals surface area contributed by atoms with E-state index in [1.54, 1.807) is 4.90 Å². The quantitative estimate of drug-likeness (QED) is 0.473. The molecule has 1 amide bonds. The molecule has 10 nitrogen and oxygen atoms in total. The molecule has 4 N–H and O–H groups in total. The van der Waals surface area contributed by atoms with Crippen molar-refractivity contribution >= 4 is 29.3 Å². The molecule has 1 aromatic carbocycles. The van der Waals surface area contributed by atoms with Crippen LogP contribution in [0.25, 0.3) is 5.82 Å². The zero-order chi connectivity index (χ0) is 23.6. The summed E-state index contributed by atoms with van der Waals surface area (Å²) < 4.78 is 51.7. The van der Waals surface area contributed by atoms with Gasteiger partial charge in [-0.3, -0.25) is 4.79 Å². The van der Waals surface area contributed by atoms with Crippen LogP contribution in [0, 0.1) is 5.82 Å². The zero-order valence-electron chi connectivity index (χ0n) is 17.1. The van der Waals surface area contributed by atoms with Gasteiger partial charge in [-0.15, -0.1) is 5.10 Å². The Morgan fingerprint density at radius 2 is 1.91 bits per heavy atom. The number of nitrogen functional groups attached to an aromatic ring is 1. The monoisotopic (exact) mass is 465 g/mol. The minimum Gasteiger partial charge on any atom is -0.368 e. The molecular formula is C19H19F4N9O. The van der Waals surface area contributed by atoms with E-state index in [1.807, 2.05) is 5.32 Å². The summed E-state index contributed by atoms with van der Waals surface area (Å²) in [5, 5.41) is 9.05. The molecule has 1 fully saturated rings. The average molecular weight is 465 g/mol. The van der Waals surface area contributed by atoms with Crippen molar-refractivity contribution in [2.75, 3.05) is 29.0 Å². The third kappa shape index (κ3) is 5.27. The third-order valence-corrected chi connectivity index (χ3v) is 4.90. The number of carbonyl (C=O) groups excluding carboxylic acids is 1. The largest absolute Gasteiger partial charge is 0.405 e. The maximum Gasteiger partial charge on any atom is 0.405 e. The second kappa shape index (κ2) is 8.88. The Bertz CT molecular complexity index is 1130. The van der Waals surface area contributed by atoms with Crippen LogP contribution in [-0.4, -0.2) is 55.9 Å². The van der Waals surface area contributed by atoms with Crippen LogP contribution in [-0.2, 0) is 4.79 Å². The number of amides is 1. The molecule has 0 saturated carbocycles. The van der Waals surface area contributed by atoms with Crippen molar-refractivity contribution in [1.29, 1.82) is 0 Å². The summed E-state index contributed by atoms with van der Waals surface area (Å²) in [5.41, 5.74) is 6.50. The van der Waals surface area contributed by atoms with Crippen molar-refractivity contribution in [2.45, 2.75) is 25.1 Å². The molecule has 174 valence electrons. The van der Waals surface area contributed by atoms with Crippen molar-refractivity contribution in [3.8, 4) is 5.82 Å². The normalized spacial score (nSPS) is 16.1. The second-order valence-electron chi connectivity index (χ2n) is 7.26. The number of nitrogens with two attached hydrogens (primary N) is 1. The number of rotatable bonds is 6. The van der Waals surface area contributed by atoms with Gasteiger partial charge in [-0.25, -0.2) is 14.4 Å². The van der Waals surface area contributed by atoms with Crippen LogP contribution in [0.1, 0.15) is 12.8 Å². The molecule has 4 rings (SSSR count). The van der Waals surface area contributed by atoms with E-state index in [0.717, 1.165) is 0 Å². The van der Waals surface area contributed by atoms with Crippen LogP contribution in [0.4, 0.5) is 41.0 Å². The SMILES string of the molecule is Nc1nc(Nc2ccc(F)cc2)nn1-c1cc(N2CCC[C@@H]2C(=O)NCC(F)(F)F)ncn1. The van der Waals surface area contributed by atoms with E-state index in [-0.39, 0.29) is 23.5 Å². The van der Waals surface area contributed by atoms with E-state index in [4.69, 9.17) is 5.73 Å².